The van der Waals surface area contributed by atoms with Crippen LogP contribution in [0.3, 0.4) is 0 Å². The van der Waals surface area contributed by atoms with Crippen LogP contribution < -0.4 is 0 Å². The molecule has 1 fully saturated rings. The van der Waals surface area contributed by atoms with Gasteiger partial charge in [0.2, 0.25) is 5.91 Å². The summed E-state index contributed by atoms with van der Waals surface area (Å²) in [5.74, 6) is 0.614. The first-order valence-corrected chi connectivity index (χ1v) is 9.13. The van der Waals surface area contributed by atoms with Crippen molar-refractivity contribution in [1.29, 1.82) is 0 Å². The molecular weight excluding hydrogens is 314 g/mol. The van der Waals surface area contributed by atoms with E-state index in [1.54, 1.807) is 0 Å². The lowest BCUT2D eigenvalue weighted by molar-refractivity contribution is -0.132. The van der Waals surface area contributed by atoms with Crippen LogP contribution in [0.1, 0.15) is 37.7 Å². The first kappa shape index (κ1) is 17.7. The summed E-state index contributed by atoms with van der Waals surface area (Å²) >= 11 is 0. The molecule has 0 spiro atoms. The highest BCUT2D eigenvalue weighted by atomic mass is 16.3. The molecule has 3 rings (SSSR count). The molecule has 1 aromatic heterocycles. The van der Waals surface area contributed by atoms with Crippen molar-refractivity contribution in [3.63, 3.8) is 0 Å². The smallest absolute Gasteiger partial charge is 0.222 e. The van der Waals surface area contributed by atoms with Gasteiger partial charge in [-0.3, -0.25) is 4.79 Å². The van der Waals surface area contributed by atoms with Gasteiger partial charge in [0.05, 0.1) is 11.9 Å². The van der Waals surface area contributed by atoms with Gasteiger partial charge in [-0.25, -0.2) is 4.68 Å². The minimum absolute atomic E-state index is 0.194. The number of carbonyl (C=O) groups excluding carboxylic acids is 1. The third kappa shape index (κ3) is 4.48. The minimum Gasteiger partial charge on any atom is -0.396 e. The Morgan fingerprint density at radius 1 is 1.24 bits per heavy atom. The average Bonchev–Trinajstić information content (AvgIpc) is 3.15. The molecule has 0 aliphatic heterocycles. The predicted octanol–water partition coefficient (Wildman–Crippen LogP) is 2.81. The Bertz CT molecular complexity index is 675. The second-order valence-corrected chi connectivity index (χ2v) is 6.99. The van der Waals surface area contributed by atoms with E-state index in [9.17, 15) is 9.90 Å². The molecule has 1 heterocycles. The summed E-state index contributed by atoms with van der Waals surface area (Å²) < 4.78 is 1.85. The molecule has 0 unspecified atom stereocenters. The van der Waals surface area contributed by atoms with Crippen molar-refractivity contribution in [2.24, 2.45) is 5.92 Å². The maximum absolute atomic E-state index is 12.5. The van der Waals surface area contributed by atoms with Gasteiger partial charge in [-0.1, -0.05) is 18.2 Å². The zero-order valence-electron chi connectivity index (χ0n) is 14.8. The van der Waals surface area contributed by atoms with Gasteiger partial charge < -0.3 is 10.0 Å². The third-order valence-corrected chi connectivity index (χ3v) is 5.30. The molecule has 1 aliphatic carbocycles. The average molecular weight is 341 g/mol. The minimum atomic E-state index is 0.194. The summed E-state index contributed by atoms with van der Waals surface area (Å²) in [5.41, 5.74) is 2.10. The predicted molar refractivity (Wildman–Crippen MR) is 97.5 cm³/mol. The number of benzene rings is 1. The molecule has 5 nitrogen and oxygen atoms in total. The number of hydrogen-bond donors (Lipinski definition) is 1. The van der Waals surface area contributed by atoms with Crippen LogP contribution in [0.25, 0.3) is 5.69 Å². The number of amides is 1. The van der Waals surface area contributed by atoms with E-state index in [2.05, 4.69) is 5.10 Å². The summed E-state index contributed by atoms with van der Waals surface area (Å²) in [7, 11) is 1.92. The Morgan fingerprint density at radius 2 is 1.96 bits per heavy atom. The highest BCUT2D eigenvalue weighted by Crippen LogP contribution is 2.27. The first-order valence-electron chi connectivity index (χ1n) is 9.13. The molecule has 25 heavy (non-hydrogen) atoms. The molecular formula is C20H27N3O2. The summed E-state index contributed by atoms with van der Waals surface area (Å²) in [6.07, 6.45) is 9.09. The zero-order chi connectivity index (χ0) is 17.6. The van der Waals surface area contributed by atoms with Crippen molar-refractivity contribution in [2.75, 3.05) is 13.7 Å². The Labute approximate surface area is 149 Å². The number of carbonyl (C=O) groups is 1. The maximum atomic E-state index is 12.5. The van der Waals surface area contributed by atoms with Crippen molar-refractivity contribution in [3.05, 3.63) is 48.3 Å². The second kappa shape index (κ2) is 8.30. The standard InChI is InChI=1S/C20H27N3O2/c1-22(18-10-7-16(15-24)8-11-18)20(25)12-9-17-13-21-23(14-17)19-5-3-2-4-6-19/h2-6,13-14,16,18,24H,7-12,15H2,1H3. The lowest BCUT2D eigenvalue weighted by Gasteiger charge is -2.34. The van der Waals surface area contributed by atoms with Crippen LogP contribution >= 0.6 is 0 Å². The largest absolute Gasteiger partial charge is 0.396 e. The van der Waals surface area contributed by atoms with Gasteiger partial charge in [0, 0.05) is 32.3 Å². The van der Waals surface area contributed by atoms with Gasteiger partial charge >= 0.3 is 0 Å². The van der Waals surface area contributed by atoms with Crippen molar-refractivity contribution < 1.29 is 9.90 Å². The number of rotatable bonds is 6. The van der Waals surface area contributed by atoms with Crippen molar-refractivity contribution in [2.45, 2.75) is 44.6 Å². The van der Waals surface area contributed by atoms with E-state index in [1.807, 2.05) is 59.4 Å². The molecule has 1 amide bonds. The van der Waals surface area contributed by atoms with E-state index in [1.165, 1.54) is 0 Å². The maximum Gasteiger partial charge on any atom is 0.222 e. The van der Waals surface area contributed by atoms with Gasteiger partial charge in [-0.05, 0) is 55.7 Å². The molecule has 0 atom stereocenters. The number of para-hydroxylation sites is 1. The molecule has 1 N–H and O–H groups in total. The van der Waals surface area contributed by atoms with Gasteiger partial charge in [0.15, 0.2) is 0 Å². The number of aromatic nitrogens is 2. The molecule has 2 aromatic rings. The lowest BCUT2D eigenvalue weighted by Crippen LogP contribution is -2.39. The quantitative estimate of drug-likeness (QED) is 0.879. The molecule has 1 aliphatic rings. The number of aliphatic hydroxyl groups excluding tert-OH is 1. The molecule has 5 heteroatoms. The molecule has 1 saturated carbocycles. The van der Waals surface area contributed by atoms with Crippen molar-refractivity contribution in [3.8, 4) is 5.69 Å². The molecule has 1 aromatic carbocycles. The zero-order valence-corrected chi connectivity index (χ0v) is 14.8. The lowest BCUT2D eigenvalue weighted by atomic mass is 9.86. The normalized spacial score (nSPS) is 20.4. The van der Waals surface area contributed by atoms with E-state index < -0.39 is 0 Å². The SMILES string of the molecule is CN(C(=O)CCc1cnn(-c2ccccc2)c1)C1CCC(CO)CC1. The third-order valence-electron chi connectivity index (χ3n) is 5.30. The van der Waals surface area contributed by atoms with E-state index in [4.69, 9.17) is 0 Å². The van der Waals surface area contributed by atoms with Crippen LogP contribution in [0.4, 0.5) is 0 Å². The summed E-state index contributed by atoms with van der Waals surface area (Å²) in [4.78, 5) is 14.4. The Kier molecular flexibility index (Phi) is 5.87. The van der Waals surface area contributed by atoms with Gasteiger partial charge in [0.25, 0.3) is 0 Å². The molecule has 0 saturated heterocycles. The molecule has 0 radical (unpaired) electrons. The van der Waals surface area contributed by atoms with E-state index in [-0.39, 0.29) is 12.5 Å². The number of aryl methyl sites for hydroxylation is 1. The Balaban J connectivity index is 1.50. The second-order valence-electron chi connectivity index (χ2n) is 6.99. The Morgan fingerprint density at radius 3 is 2.64 bits per heavy atom. The van der Waals surface area contributed by atoms with Crippen LogP contribution in [-0.4, -0.2) is 45.4 Å². The van der Waals surface area contributed by atoms with E-state index in [0.29, 0.717) is 24.8 Å². The molecule has 0 bridgehead atoms. The van der Waals surface area contributed by atoms with E-state index >= 15 is 0 Å². The van der Waals surface area contributed by atoms with Crippen molar-refractivity contribution in [1.82, 2.24) is 14.7 Å². The Hall–Kier alpha value is -2.14. The summed E-state index contributed by atoms with van der Waals surface area (Å²) in [6, 6.07) is 10.3. The summed E-state index contributed by atoms with van der Waals surface area (Å²) in [6.45, 7) is 0.274. The van der Waals surface area contributed by atoms with Crippen LogP contribution in [-0.2, 0) is 11.2 Å². The monoisotopic (exact) mass is 341 g/mol. The number of nitrogens with zero attached hydrogens (tertiary/aromatic N) is 3. The summed E-state index contributed by atoms with van der Waals surface area (Å²) in [5, 5.41) is 13.6. The van der Waals surface area contributed by atoms with Crippen LogP contribution in [0.5, 0.6) is 0 Å². The van der Waals surface area contributed by atoms with Gasteiger partial charge in [0.1, 0.15) is 0 Å². The fourth-order valence-corrected chi connectivity index (χ4v) is 3.56. The van der Waals surface area contributed by atoms with Crippen LogP contribution in [0.15, 0.2) is 42.7 Å². The first-order chi connectivity index (χ1) is 12.2. The highest BCUT2D eigenvalue weighted by Gasteiger charge is 2.25. The number of hydrogen-bond acceptors (Lipinski definition) is 3. The fourth-order valence-electron chi connectivity index (χ4n) is 3.56. The van der Waals surface area contributed by atoms with Gasteiger partial charge in [-0.15, -0.1) is 0 Å². The number of aliphatic hydroxyl groups is 1. The highest BCUT2D eigenvalue weighted by molar-refractivity contribution is 5.76. The van der Waals surface area contributed by atoms with E-state index in [0.717, 1.165) is 36.9 Å². The van der Waals surface area contributed by atoms with Gasteiger partial charge in [-0.2, -0.15) is 5.10 Å². The van der Waals surface area contributed by atoms with Crippen LogP contribution in [0, 0.1) is 5.92 Å². The van der Waals surface area contributed by atoms with Crippen LogP contribution in [0.2, 0.25) is 0 Å². The molecule has 134 valence electrons. The topological polar surface area (TPSA) is 58.4 Å². The van der Waals surface area contributed by atoms with Crippen molar-refractivity contribution >= 4 is 5.91 Å². The fraction of sp³-hybridized carbons (Fsp3) is 0.500.